The third kappa shape index (κ3) is 4.43. The summed E-state index contributed by atoms with van der Waals surface area (Å²) in [5.74, 6) is 0. The van der Waals surface area contributed by atoms with Gasteiger partial charge in [-0.1, -0.05) is 45.0 Å². The Morgan fingerprint density at radius 3 is 2.45 bits per heavy atom. The van der Waals surface area contributed by atoms with E-state index in [0.29, 0.717) is 5.69 Å². The molecule has 4 aromatic rings. The maximum absolute atomic E-state index is 12.4. The summed E-state index contributed by atoms with van der Waals surface area (Å²) in [7, 11) is 0. The minimum atomic E-state index is -0.279. The molecule has 0 aliphatic carbocycles. The van der Waals surface area contributed by atoms with Crippen LogP contribution in [0.3, 0.4) is 0 Å². The molecule has 0 aliphatic rings. The first-order chi connectivity index (χ1) is 13.9. The number of carbonyl (C=O) groups excluding carboxylic acids is 1. The first kappa shape index (κ1) is 19.1. The molecule has 0 saturated heterocycles. The van der Waals surface area contributed by atoms with Gasteiger partial charge in [-0.25, -0.2) is 9.78 Å². The fourth-order valence-corrected chi connectivity index (χ4v) is 3.91. The number of urea groups is 1. The summed E-state index contributed by atoms with van der Waals surface area (Å²) in [5, 5.41) is 6.67. The van der Waals surface area contributed by atoms with Crippen molar-refractivity contribution in [3.8, 4) is 10.6 Å². The quantitative estimate of drug-likeness (QED) is 0.422. The highest BCUT2D eigenvalue weighted by molar-refractivity contribution is 7.21. The molecule has 0 atom stereocenters. The molecule has 146 valence electrons. The lowest BCUT2D eigenvalue weighted by atomic mass is 9.87. The van der Waals surface area contributed by atoms with Crippen LogP contribution in [0, 0.1) is 0 Å². The average Bonchev–Trinajstić information content (AvgIpc) is 3.12. The van der Waals surface area contributed by atoms with Crippen molar-refractivity contribution in [1.29, 1.82) is 0 Å². The molecule has 0 bridgehead atoms. The van der Waals surface area contributed by atoms with Gasteiger partial charge in [-0.15, -0.1) is 11.3 Å². The SMILES string of the molecule is CC(C)(C)c1ccc(NC(=O)Nc2cccc(-c3nc4ccncc4s3)c2)cc1. The van der Waals surface area contributed by atoms with Crippen LogP contribution in [0.25, 0.3) is 20.8 Å². The Hall–Kier alpha value is -3.25. The minimum Gasteiger partial charge on any atom is -0.308 e. The molecular formula is C23H22N4OS. The van der Waals surface area contributed by atoms with Crippen LogP contribution in [0.4, 0.5) is 16.2 Å². The maximum Gasteiger partial charge on any atom is 0.323 e. The molecule has 2 amide bonds. The minimum absolute atomic E-state index is 0.0813. The topological polar surface area (TPSA) is 66.9 Å². The molecule has 0 saturated carbocycles. The van der Waals surface area contributed by atoms with E-state index in [4.69, 9.17) is 0 Å². The third-order valence-corrected chi connectivity index (χ3v) is 5.62. The van der Waals surface area contributed by atoms with E-state index in [1.165, 1.54) is 5.56 Å². The number of pyridine rings is 1. The third-order valence-electron chi connectivity index (χ3n) is 4.57. The number of thiazole rings is 1. The van der Waals surface area contributed by atoms with Crippen molar-refractivity contribution in [2.75, 3.05) is 10.6 Å². The molecule has 2 N–H and O–H groups in total. The number of anilines is 2. The van der Waals surface area contributed by atoms with E-state index >= 15 is 0 Å². The van der Waals surface area contributed by atoms with Crippen molar-refractivity contribution in [2.45, 2.75) is 26.2 Å². The Balaban J connectivity index is 1.47. The molecule has 0 aliphatic heterocycles. The molecule has 29 heavy (non-hydrogen) atoms. The molecular weight excluding hydrogens is 380 g/mol. The second-order valence-electron chi connectivity index (χ2n) is 7.85. The largest absolute Gasteiger partial charge is 0.323 e. The van der Waals surface area contributed by atoms with Crippen molar-refractivity contribution in [2.24, 2.45) is 0 Å². The number of amides is 2. The Kier molecular flexibility index (Phi) is 5.03. The first-order valence-electron chi connectivity index (χ1n) is 9.38. The van der Waals surface area contributed by atoms with Crippen molar-refractivity contribution >= 4 is 39.0 Å². The van der Waals surface area contributed by atoms with Crippen LogP contribution < -0.4 is 10.6 Å². The van der Waals surface area contributed by atoms with Gasteiger partial charge in [0, 0.05) is 29.3 Å². The lowest BCUT2D eigenvalue weighted by Crippen LogP contribution is -2.19. The van der Waals surface area contributed by atoms with Gasteiger partial charge in [0.2, 0.25) is 0 Å². The fourth-order valence-electron chi connectivity index (χ4n) is 2.98. The van der Waals surface area contributed by atoms with Gasteiger partial charge in [-0.2, -0.15) is 0 Å². The number of benzene rings is 2. The van der Waals surface area contributed by atoms with Crippen LogP contribution in [0.1, 0.15) is 26.3 Å². The summed E-state index contributed by atoms with van der Waals surface area (Å²) in [5.41, 5.74) is 4.65. The van der Waals surface area contributed by atoms with E-state index in [-0.39, 0.29) is 11.4 Å². The van der Waals surface area contributed by atoms with Crippen molar-refractivity contribution in [3.05, 3.63) is 72.6 Å². The number of nitrogens with zero attached hydrogens (tertiary/aromatic N) is 2. The zero-order chi connectivity index (χ0) is 20.4. The second-order valence-corrected chi connectivity index (χ2v) is 8.88. The van der Waals surface area contributed by atoms with Gasteiger partial charge in [0.15, 0.2) is 0 Å². The van der Waals surface area contributed by atoms with Crippen molar-refractivity contribution in [1.82, 2.24) is 9.97 Å². The van der Waals surface area contributed by atoms with E-state index in [1.54, 1.807) is 17.5 Å². The van der Waals surface area contributed by atoms with Crippen LogP contribution in [-0.2, 0) is 5.41 Å². The summed E-state index contributed by atoms with van der Waals surface area (Å²) in [4.78, 5) is 21.2. The molecule has 0 radical (unpaired) electrons. The smallest absolute Gasteiger partial charge is 0.308 e. The van der Waals surface area contributed by atoms with E-state index in [2.05, 4.69) is 41.4 Å². The maximum atomic E-state index is 12.4. The van der Waals surface area contributed by atoms with Gasteiger partial charge in [-0.3, -0.25) is 4.98 Å². The van der Waals surface area contributed by atoms with Crippen molar-refractivity contribution < 1.29 is 4.79 Å². The molecule has 0 unspecified atom stereocenters. The number of hydrogen-bond acceptors (Lipinski definition) is 4. The van der Waals surface area contributed by atoms with Gasteiger partial charge >= 0.3 is 6.03 Å². The highest BCUT2D eigenvalue weighted by atomic mass is 32.1. The van der Waals surface area contributed by atoms with Crippen LogP contribution in [0.5, 0.6) is 0 Å². The van der Waals surface area contributed by atoms with Crippen LogP contribution in [0.2, 0.25) is 0 Å². The lowest BCUT2D eigenvalue weighted by molar-refractivity contribution is 0.262. The number of rotatable bonds is 3. The van der Waals surface area contributed by atoms with Gasteiger partial charge in [0.1, 0.15) is 5.01 Å². The summed E-state index contributed by atoms with van der Waals surface area (Å²) >= 11 is 1.58. The van der Waals surface area contributed by atoms with E-state index in [9.17, 15) is 4.79 Å². The van der Waals surface area contributed by atoms with Gasteiger partial charge < -0.3 is 10.6 Å². The Labute approximate surface area is 173 Å². The average molecular weight is 403 g/mol. The molecule has 2 heterocycles. The predicted octanol–water partition coefficient (Wildman–Crippen LogP) is 6.30. The Morgan fingerprint density at radius 1 is 0.966 bits per heavy atom. The number of hydrogen-bond donors (Lipinski definition) is 2. The summed E-state index contributed by atoms with van der Waals surface area (Å²) < 4.78 is 1.04. The molecule has 0 spiro atoms. The zero-order valence-electron chi connectivity index (χ0n) is 16.6. The number of carbonyl (C=O) groups is 1. The molecule has 0 fully saturated rings. The van der Waals surface area contributed by atoms with Gasteiger partial charge in [0.25, 0.3) is 0 Å². The number of fused-ring (bicyclic) bond motifs is 1. The Morgan fingerprint density at radius 2 is 1.72 bits per heavy atom. The molecule has 5 nitrogen and oxygen atoms in total. The van der Waals surface area contributed by atoms with E-state index in [1.807, 2.05) is 60.8 Å². The molecule has 6 heteroatoms. The summed E-state index contributed by atoms with van der Waals surface area (Å²) in [6.07, 6.45) is 3.55. The van der Waals surface area contributed by atoms with Crippen LogP contribution >= 0.6 is 11.3 Å². The Bertz CT molecular complexity index is 1130. The standard InChI is InChI=1S/C23H22N4OS/c1-23(2,3)16-7-9-17(10-8-16)25-22(28)26-18-6-4-5-15(13-18)21-27-19-11-12-24-14-20(19)29-21/h4-14H,1-3H3,(H2,25,26,28). The summed E-state index contributed by atoms with van der Waals surface area (Å²) in [6, 6.07) is 17.2. The van der Waals surface area contributed by atoms with Gasteiger partial charge in [0.05, 0.1) is 10.2 Å². The second kappa shape index (κ2) is 7.64. The zero-order valence-corrected chi connectivity index (χ0v) is 17.4. The van der Waals surface area contributed by atoms with Gasteiger partial charge in [-0.05, 0) is 41.3 Å². The first-order valence-corrected chi connectivity index (χ1v) is 10.2. The number of aromatic nitrogens is 2. The van der Waals surface area contributed by atoms with Crippen LogP contribution in [-0.4, -0.2) is 16.0 Å². The van der Waals surface area contributed by atoms with E-state index in [0.717, 1.165) is 26.5 Å². The monoisotopic (exact) mass is 402 g/mol. The molecule has 2 aromatic heterocycles. The van der Waals surface area contributed by atoms with Crippen LogP contribution in [0.15, 0.2) is 67.0 Å². The molecule has 4 rings (SSSR count). The lowest BCUT2D eigenvalue weighted by Gasteiger charge is -2.19. The highest BCUT2D eigenvalue weighted by Crippen LogP contribution is 2.31. The normalized spacial score (nSPS) is 11.4. The molecule has 2 aromatic carbocycles. The number of nitrogens with one attached hydrogen (secondary N) is 2. The summed E-state index contributed by atoms with van der Waals surface area (Å²) in [6.45, 7) is 6.49. The highest BCUT2D eigenvalue weighted by Gasteiger charge is 2.13. The fraction of sp³-hybridized carbons (Fsp3) is 0.174. The van der Waals surface area contributed by atoms with Crippen molar-refractivity contribution in [3.63, 3.8) is 0 Å². The predicted molar refractivity (Wildman–Crippen MR) is 121 cm³/mol. The van der Waals surface area contributed by atoms with E-state index < -0.39 is 0 Å².